The number of Topliss-reactive ketones (excluding diaryl/α,β-unsaturated/α-hetero) is 2. The van der Waals surface area contributed by atoms with Crippen molar-refractivity contribution in [3.8, 4) is 0 Å². The van der Waals surface area contributed by atoms with Crippen LogP contribution in [-0.2, 0) is 9.53 Å². The smallest absolute Gasteiger partial charge is 0.348 e. The summed E-state index contributed by atoms with van der Waals surface area (Å²) in [5.41, 5.74) is 0. The summed E-state index contributed by atoms with van der Waals surface area (Å²) < 4.78 is 4.80. The van der Waals surface area contributed by atoms with Crippen LogP contribution in [0, 0.1) is 0 Å². The topological polar surface area (TPSA) is 60.4 Å². The van der Waals surface area contributed by atoms with Crippen LogP contribution in [0.1, 0.15) is 39.6 Å². The summed E-state index contributed by atoms with van der Waals surface area (Å²) in [6.45, 7) is 3.37. The van der Waals surface area contributed by atoms with Crippen LogP contribution in [0.4, 0.5) is 0 Å². The molecule has 0 atom stereocenters. The minimum Gasteiger partial charge on any atom is -0.462 e. The quantitative estimate of drug-likeness (QED) is 0.449. The van der Waals surface area contributed by atoms with Crippen LogP contribution in [0.15, 0.2) is 12.1 Å². The number of esters is 1. The highest BCUT2D eigenvalue weighted by Crippen LogP contribution is 2.19. The number of thiophene rings is 1. The maximum atomic E-state index is 11.5. The zero-order valence-corrected chi connectivity index (χ0v) is 9.93. The average molecular weight is 240 g/mol. The summed E-state index contributed by atoms with van der Waals surface area (Å²) in [7, 11) is 0. The van der Waals surface area contributed by atoms with Gasteiger partial charge in [-0.05, 0) is 26.0 Å². The first-order chi connectivity index (χ1) is 7.54. The van der Waals surface area contributed by atoms with Crippen molar-refractivity contribution < 1.29 is 19.1 Å². The zero-order valence-electron chi connectivity index (χ0n) is 9.11. The van der Waals surface area contributed by atoms with Crippen molar-refractivity contribution in [1.29, 1.82) is 0 Å². The second-order valence-electron chi connectivity index (χ2n) is 3.19. The van der Waals surface area contributed by atoms with Gasteiger partial charge in [-0.2, -0.15) is 0 Å². The highest BCUT2D eigenvalue weighted by Gasteiger charge is 2.15. The first-order valence-electron chi connectivity index (χ1n) is 4.84. The molecule has 1 aromatic heterocycles. The number of ether oxygens (including phenoxy) is 1. The van der Waals surface area contributed by atoms with Crippen molar-refractivity contribution >= 4 is 28.9 Å². The van der Waals surface area contributed by atoms with Crippen LogP contribution >= 0.6 is 11.3 Å². The fourth-order valence-electron chi connectivity index (χ4n) is 1.11. The standard InChI is InChI=1S/C11H12O4S/c1-3-15-11(14)10-5-4-9(16-10)8(13)6-7(2)12/h4-5H,3,6H2,1-2H3. The molecular weight excluding hydrogens is 228 g/mol. The van der Waals surface area contributed by atoms with E-state index >= 15 is 0 Å². The lowest BCUT2D eigenvalue weighted by molar-refractivity contribution is -0.116. The Hall–Kier alpha value is -1.49. The molecule has 0 aliphatic carbocycles. The fourth-order valence-corrected chi connectivity index (χ4v) is 1.95. The van der Waals surface area contributed by atoms with Crippen molar-refractivity contribution in [1.82, 2.24) is 0 Å². The Kier molecular flexibility index (Phi) is 4.37. The molecule has 1 aromatic rings. The van der Waals surface area contributed by atoms with Crippen molar-refractivity contribution in [3.63, 3.8) is 0 Å². The Morgan fingerprint density at radius 3 is 2.44 bits per heavy atom. The second kappa shape index (κ2) is 5.55. The van der Waals surface area contributed by atoms with Gasteiger partial charge in [0.1, 0.15) is 10.7 Å². The Bertz CT molecular complexity index is 419. The third kappa shape index (κ3) is 3.27. The third-order valence-electron chi connectivity index (χ3n) is 1.77. The summed E-state index contributed by atoms with van der Waals surface area (Å²) in [5.74, 6) is -0.876. The van der Waals surface area contributed by atoms with Gasteiger partial charge in [0.25, 0.3) is 0 Å². The maximum absolute atomic E-state index is 11.5. The molecule has 86 valence electrons. The van der Waals surface area contributed by atoms with Crippen LogP contribution in [0.25, 0.3) is 0 Å². The molecule has 0 bridgehead atoms. The van der Waals surface area contributed by atoms with Gasteiger partial charge in [0.15, 0.2) is 5.78 Å². The summed E-state index contributed by atoms with van der Waals surface area (Å²) in [6.07, 6.45) is -0.122. The van der Waals surface area contributed by atoms with Gasteiger partial charge >= 0.3 is 5.97 Å². The van der Waals surface area contributed by atoms with Gasteiger partial charge in [0, 0.05) is 0 Å². The highest BCUT2D eigenvalue weighted by molar-refractivity contribution is 7.15. The van der Waals surface area contributed by atoms with Crippen LogP contribution in [0.2, 0.25) is 0 Å². The number of rotatable bonds is 5. The Morgan fingerprint density at radius 2 is 1.88 bits per heavy atom. The van der Waals surface area contributed by atoms with E-state index in [2.05, 4.69) is 0 Å². The van der Waals surface area contributed by atoms with Crippen LogP contribution < -0.4 is 0 Å². The van der Waals surface area contributed by atoms with E-state index in [1.54, 1.807) is 13.0 Å². The van der Waals surface area contributed by atoms with E-state index in [1.165, 1.54) is 13.0 Å². The van der Waals surface area contributed by atoms with E-state index in [4.69, 9.17) is 4.74 Å². The van der Waals surface area contributed by atoms with E-state index in [-0.39, 0.29) is 18.0 Å². The molecule has 0 aromatic carbocycles. The van der Waals surface area contributed by atoms with Crippen molar-refractivity contribution in [2.75, 3.05) is 6.61 Å². The van der Waals surface area contributed by atoms with E-state index < -0.39 is 5.97 Å². The molecular formula is C11H12O4S. The summed E-state index contributed by atoms with van der Waals surface area (Å²) in [6, 6.07) is 3.08. The monoisotopic (exact) mass is 240 g/mol. The number of carbonyl (C=O) groups is 3. The molecule has 0 unspecified atom stereocenters. The predicted octanol–water partition coefficient (Wildman–Crippen LogP) is 2.09. The average Bonchev–Trinajstić information content (AvgIpc) is 2.65. The molecule has 0 saturated carbocycles. The first kappa shape index (κ1) is 12.6. The second-order valence-corrected chi connectivity index (χ2v) is 4.27. The number of hydrogen-bond acceptors (Lipinski definition) is 5. The lowest BCUT2D eigenvalue weighted by atomic mass is 10.2. The molecule has 0 spiro atoms. The lowest BCUT2D eigenvalue weighted by Gasteiger charge is -1.96. The van der Waals surface area contributed by atoms with Crippen molar-refractivity contribution in [2.24, 2.45) is 0 Å². The minimum absolute atomic E-state index is 0.122. The molecule has 0 saturated heterocycles. The van der Waals surface area contributed by atoms with Gasteiger partial charge in [-0.1, -0.05) is 0 Å². The van der Waals surface area contributed by atoms with Gasteiger partial charge in [-0.3, -0.25) is 9.59 Å². The van der Waals surface area contributed by atoms with Crippen LogP contribution in [-0.4, -0.2) is 24.1 Å². The normalized spacial score (nSPS) is 9.88. The van der Waals surface area contributed by atoms with Crippen molar-refractivity contribution in [2.45, 2.75) is 20.3 Å². The predicted molar refractivity (Wildman–Crippen MR) is 59.9 cm³/mol. The number of ketones is 2. The molecule has 1 rings (SSSR count). The molecule has 0 radical (unpaired) electrons. The van der Waals surface area contributed by atoms with Gasteiger partial charge in [-0.25, -0.2) is 4.79 Å². The third-order valence-corrected chi connectivity index (χ3v) is 2.87. The molecule has 0 aliphatic heterocycles. The van der Waals surface area contributed by atoms with E-state index in [0.717, 1.165) is 11.3 Å². The maximum Gasteiger partial charge on any atom is 0.348 e. The molecule has 0 fully saturated rings. The molecule has 0 N–H and O–H groups in total. The molecule has 0 aliphatic rings. The molecule has 0 amide bonds. The lowest BCUT2D eigenvalue weighted by Crippen LogP contribution is -2.03. The SMILES string of the molecule is CCOC(=O)c1ccc(C(=O)CC(C)=O)s1. The summed E-state index contributed by atoms with van der Waals surface area (Å²) in [5, 5.41) is 0. The van der Waals surface area contributed by atoms with E-state index in [9.17, 15) is 14.4 Å². The van der Waals surface area contributed by atoms with Crippen LogP contribution in [0.3, 0.4) is 0 Å². The van der Waals surface area contributed by atoms with Gasteiger partial charge < -0.3 is 4.74 Å². The Balaban J connectivity index is 2.74. The van der Waals surface area contributed by atoms with Gasteiger partial charge in [0.05, 0.1) is 17.9 Å². The van der Waals surface area contributed by atoms with Gasteiger partial charge in [-0.15, -0.1) is 11.3 Å². The molecule has 4 nitrogen and oxygen atoms in total. The molecule has 16 heavy (non-hydrogen) atoms. The highest BCUT2D eigenvalue weighted by atomic mass is 32.1. The van der Waals surface area contributed by atoms with Crippen molar-refractivity contribution in [3.05, 3.63) is 21.9 Å². The largest absolute Gasteiger partial charge is 0.462 e. The molecule has 1 heterocycles. The van der Waals surface area contributed by atoms with Gasteiger partial charge in [0.2, 0.25) is 0 Å². The minimum atomic E-state index is -0.436. The van der Waals surface area contributed by atoms with E-state index in [1.807, 2.05) is 0 Å². The fraction of sp³-hybridized carbons (Fsp3) is 0.364. The van der Waals surface area contributed by atoms with Crippen LogP contribution in [0.5, 0.6) is 0 Å². The summed E-state index contributed by atoms with van der Waals surface area (Å²) >= 11 is 1.05. The zero-order chi connectivity index (χ0) is 12.1. The molecule has 5 heteroatoms. The first-order valence-corrected chi connectivity index (χ1v) is 5.65. The van der Waals surface area contributed by atoms with E-state index in [0.29, 0.717) is 16.4 Å². The Morgan fingerprint density at radius 1 is 1.25 bits per heavy atom. The summed E-state index contributed by atoms with van der Waals surface area (Å²) in [4.78, 5) is 34.4. The number of hydrogen-bond donors (Lipinski definition) is 0. The Labute approximate surface area is 97.2 Å². The number of carbonyl (C=O) groups excluding carboxylic acids is 3.